The maximum Gasteiger partial charge on any atom is 0.317 e. The molecular formula is C12H16N2O4. The average molecular weight is 252 g/mol. The van der Waals surface area contributed by atoms with Gasteiger partial charge in [-0.05, 0) is 31.2 Å². The molecule has 0 saturated carbocycles. The van der Waals surface area contributed by atoms with E-state index in [-0.39, 0.29) is 19.0 Å². The van der Waals surface area contributed by atoms with E-state index in [2.05, 4.69) is 10.6 Å². The van der Waals surface area contributed by atoms with E-state index in [0.717, 1.165) is 5.75 Å². The Labute approximate surface area is 105 Å². The number of hydrogen-bond acceptors (Lipinski definition) is 4. The topological polar surface area (TPSA) is 87.7 Å². The zero-order chi connectivity index (χ0) is 13.4. The lowest BCUT2D eigenvalue weighted by Gasteiger charge is -2.07. The minimum atomic E-state index is -0.996. The third-order valence-corrected chi connectivity index (χ3v) is 2.01. The summed E-state index contributed by atoms with van der Waals surface area (Å²) >= 11 is 0. The molecule has 1 rings (SSSR count). The summed E-state index contributed by atoms with van der Waals surface area (Å²) in [6.45, 7) is 2.20. The fourth-order valence-corrected chi connectivity index (χ4v) is 1.29. The van der Waals surface area contributed by atoms with Crippen LogP contribution in [0.2, 0.25) is 0 Å². The number of carboxylic acid groups (broad SMARTS) is 1. The van der Waals surface area contributed by atoms with Crippen molar-refractivity contribution >= 4 is 17.6 Å². The molecule has 0 fully saturated rings. The number of rotatable bonds is 7. The minimum absolute atomic E-state index is 0.0422. The monoisotopic (exact) mass is 252 g/mol. The third kappa shape index (κ3) is 5.31. The van der Waals surface area contributed by atoms with Gasteiger partial charge in [-0.1, -0.05) is 0 Å². The predicted molar refractivity (Wildman–Crippen MR) is 66.7 cm³/mol. The van der Waals surface area contributed by atoms with E-state index in [4.69, 9.17) is 9.84 Å². The molecule has 6 heteroatoms. The van der Waals surface area contributed by atoms with Crippen LogP contribution in [0, 0.1) is 0 Å². The van der Waals surface area contributed by atoms with Crippen LogP contribution < -0.4 is 15.4 Å². The zero-order valence-corrected chi connectivity index (χ0v) is 10.1. The lowest BCUT2D eigenvalue weighted by molar-refractivity contribution is -0.135. The molecule has 0 heterocycles. The number of carboxylic acids is 1. The van der Waals surface area contributed by atoms with Crippen LogP contribution in [-0.2, 0) is 9.59 Å². The molecule has 0 aliphatic rings. The molecule has 6 nitrogen and oxygen atoms in total. The van der Waals surface area contributed by atoms with Crippen LogP contribution in [0.5, 0.6) is 5.75 Å². The van der Waals surface area contributed by atoms with Gasteiger partial charge in [0.05, 0.1) is 19.7 Å². The number of carbonyl (C=O) groups is 2. The van der Waals surface area contributed by atoms with Crippen molar-refractivity contribution in [2.75, 3.05) is 25.0 Å². The molecule has 0 saturated heterocycles. The fourth-order valence-electron chi connectivity index (χ4n) is 1.29. The number of ether oxygens (including phenoxy) is 1. The van der Waals surface area contributed by atoms with Crippen molar-refractivity contribution in [3.8, 4) is 5.75 Å². The number of hydrogen-bond donors (Lipinski definition) is 3. The summed E-state index contributed by atoms with van der Waals surface area (Å²) in [4.78, 5) is 21.6. The van der Waals surface area contributed by atoms with Crippen molar-refractivity contribution in [3.63, 3.8) is 0 Å². The molecule has 0 radical (unpaired) electrons. The number of benzene rings is 1. The number of nitrogens with one attached hydrogen (secondary N) is 2. The molecule has 1 aromatic carbocycles. The first-order valence-electron chi connectivity index (χ1n) is 5.57. The smallest absolute Gasteiger partial charge is 0.317 e. The lowest BCUT2D eigenvalue weighted by atomic mass is 10.3. The summed E-state index contributed by atoms with van der Waals surface area (Å²) in [6, 6.07) is 6.95. The number of anilines is 1. The van der Waals surface area contributed by atoms with Crippen LogP contribution in [0.3, 0.4) is 0 Å². The highest BCUT2D eigenvalue weighted by atomic mass is 16.5. The normalized spacial score (nSPS) is 9.83. The van der Waals surface area contributed by atoms with Gasteiger partial charge in [-0.25, -0.2) is 0 Å². The first kappa shape index (κ1) is 14.0. The van der Waals surface area contributed by atoms with Crippen LogP contribution in [0.4, 0.5) is 5.69 Å². The van der Waals surface area contributed by atoms with E-state index in [0.29, 0.717) is 12.3 Å². The Morgan fingerprint density at radius 1 is 1.22 bits per heavy atom. The van der Waals surface area contributed by atoms with E-state index in [9.17, 15) is 9.59 Å². The quantitative estimate of drug-likeness (QED) is 0.664. The summed E-state index contributed by atoms with van der Waals surface area (Å²) in [6.07, 6.45) is 0. The molecule has 0 aromatic heterocycles. The van der Waals surface area contributed by atoms with Gasteiger partial charge < -0.3 is 15.2 Å². The van der Waals surface area contributed by atoms with E-state index < -0.39 is 5.97 Å². The second-order valence-corrected chi connectivity index (χ2v) is 3.50. The van der Waals surface area contributed by atoms with Gasteiger partial charge in [0.2, 0.25) is 5.91 Å². The maximum absolute atomic E-state index is 11.4. The van der Waals surface area contributed by atoms with Gasteiger partial charge in [0.1, 0.15) is 5.75 Å². The molecule has 0 aliphatic carbocycles. The molecule has 3 N–H and O–H groups in total. The van der Waals surface area contributed by atoms with E-state index in [1.54, 1.807) is 24.3 Å². The first-order valence-corrected chi connectivity index (χ1v) is 5.57. The van der Waals surface area contributed by atoms with Crippen LogP contribution in [0.1, 0.15) is 6.92 Å². The van der Waals surface area contributed by atoms with Crippen LogP contribution in [0.15, 0.2) is 24.3 Å². The van der Waals surface area contributed by atoms with Crippen molar-refractivity contribution < 1.29 is 19.4 Å². The van der Waals surface area contributed by atoms with Crippen molar-refractivity contribution in [2.45, 2.75) is 6.92 Å². The van der Waals surface area contributed by atoms with Crippen LogP contribution >= 0.6 is 0 Å². The summed E-state index contributed by atoms with van der Waals surface area (Å²) in [5, 5.41) is 13.5. The molecule has 0 aliphatic heterocycles. The first-order chi connectivity index (χ1) is 8.61. The Bertz CT molecular complexity index is 403. The Morgan fingerprint density at radius 3 is 2.44 bits per heavy atom. The van der Waals surface area contributed by atoms with Crippen LogP contribution in [-0.4, -0.2) is 36.7 Å². The zero-order valence-electron chi connectivity index (χ0n) is 10.1. The molecule has 0 bridgehead atoms. The third-order valence-electron chi connectivity index (χ3n) is 2.01. The summed E-state index contributed by atoms with van der Waals surface area (Å²) in [7, 11) is 0. The molecule has 1 aromatic rings. The van der Waals surface area contributed by atoms with Crippen molar-refractivity contribution in [3.05, 3.63) is 24.3 Å². The van der Waals surface area contributed by atoms with Crippen molar-refractivity contribution in [1.82, 2.24) is 5.32 Å². The van der Waals surface area contributed by atoms with Gasteiger partial charge in [-0.15, -0.1) is 0 Å². The molecule has 1 amide bonds. The highest BCUT2D eigenvalue weighted by Crippen LogP contribution is 2.15. The van der Waals surface area contributed by atoms with E-state index >= 15 is 0 Å². The Morgan fingerprint density at radius 2 is 1.89 bits per heavy atom. The molecule has 0 atom stereocenters. The van der Waals surface area contributed by atoms with Gasteiger partial charge in [-0.2, -0.15) is 0 Å². The van der Waals surface area contributed by atoms with Gasteiger partial charge in [0.15, 0.2) is 0 Å². The molecule has 98 valence electrons. The van der Waals surface area contributed by atoms with Gasteiger partial charge >= 0.3 is 5.97 Å². The molecule has 0 unspecified atom stereocenters. The summed E-state index contributed by atoms with van der Waals surface area (Å²) in [5.74, 6) is -0.552. The highest BCUT2D eigenvalue weighted by molar-refractivity contribution is 5.92. The van der Waals surface area contributed by atoms with Gasteiger partial charge in [0, 0.05) is 5.69 Å². The molecular weight excluding hydrogens is 236 g/mol. The number of carbonyl (C=O) groups excluding carboxylic acids is 1. The summed E-state index contributed by atoms with van der Waals surface area (Å²) < 4.78 is 5.27. The second-order valence-electron chi connectivity index (χ2n) is 3.50. The van der Waals surface area contributed by atoms with Gasteiger partial charge in [-0.3, -0.25) is 14.9 Å². The van der Waals surface area contributed by atoms with E-state index in [1.807, 2.05) is 6.92 Å². The van der Waals surface area contributed by atoms with E-state index in [1.165, 1.54) is 0 Å². The largest absolute Gasteiger partial charge is 0.494 e. The number of amides is 1. The highest BCUT2D eigenvalue weighted by Gasteiger charge is 2.03. The lowest BCUT2D eigenvalue weighted by Crippen LogP contribution is -2.31. The van der Waals surface area contributed by atoms with Gasteiger partial charge in [0.25, 0.3) is 0 Å². The van der Waals surface area contributed by atoms with Crippen molar-refractivity contribution in [1.29, 1.82) is 0 Å². The van der Waals surface area contributed by atoms with Crippen LogP contribution in [0.25, 0.3) is 0 Å². The minimum Gasteiger partial charge on any atom is -0.494 e. The average Bonchev–Trinajstić information content (AvgIpc) is 2.31. The number of aliphatic carboxylic acids is 1. The predicted octanol–water partition coefficient (Wildman–Crippen LogP) is 0.698. The Hall–Kier alpha value is -2.08. The maximum atomic E-state index is 11.4. The fraction of sp³-hybridized carbons (Fsp3) is 0.333. The standard InChI is InChI=1S/C12H16N2O4/c1-2-18-10-5-3-9(4-6-10)14-11(15)7-13-8-12(16)17/h3-6,13H,2,7-8H2,1H3,(H,14,15)(H,16,17). The second kappa shape index (κ2) is 7.29. The molecule has 0 spiro atoms. The summed E-state index contributed by atoms with van der Waals surface area (Å²) in [5.41, 5.74) is 0.639. The molecule has 18 heavy (non-hydrogen) atoms. The Balaban J connectivity index is 2.37. The Kier molecular flexibility index (Phi) is 5.66. The SMILES string of the molecule is CCOc1ccc(NC(=O)CNCC(=O)O)cc1. The van der Waals surface area contributed by atoms with Crippen molar-refractivity contribution in [2.24, 2.45) is 0 Å².